The molecule has 3 aromatic rings. The van der Waals surface area contributed by atoms with Crippen molar-refractivity contribution in [3.8, 4) is 11.4 Å². The number of benzene rings is 1. The third-order valence-corrected chi connectivity index (χ3v) is 4.96. The summed E-state index contributed by atoms with van der Waals surface area (Å²) in [5.74, 6) is 0.684. The van der Waals surface area contributed by atoms with Crippen LogP contribution in [0, 0.1) is 6.92 Å². The largest absolute Gasteiger partial charge is 0.325 e. The fourth-order valence-electron chi connectivity index (χ4n) is 2.33. The number of hydrogen-bond acceptors (Lipinski definition) is 5. The van der Waals surface area contributed by atoms with Crippen LogP contribution in [-0.4, -0.2) is 30.9 Å². The van der Waals surface area contributed by atoms with Gasteiger partial charge in [-0.25, -0.2) is 0 Å². The lowest BCUT2D eigenvalue weighted by atomic mass is 10.2. The van der Waals surface area contributed by atoms with E-state index in [1.165, 1.54) is 11.8 Å². The Morgan fingerprint density at radius 1 is 1.16 bits per heavy atom. The van der Waals surface area contributed by atoms with Crippen LogP contribution in [0.2, 0.25) is 0 Å². The zero-order valence-electron chi connectivity index (χ0n) is 14.3. The molecule has 1 amide bonds. The van der Waals surface area contributed by atoms with Gasteiger partial charge in [-0.1, -0.05) is 30.0 Å². The second-order valence-corrected chi connectivity index (χ2v) is 6.97. The third kappa shape index (κ3) is 3.88. The first kappa shape index (κ1) is 17.2. The monoisotopic (exact) mass is 353 g/mol. The Morgan fingerprint density at radius 2 is 1.88 bits per heavy atom. The van der Waals surface area contributed by atoms with Gasteiger partial charge in [0.25, 0.3) is 0 Å². The molecule has 7 heteroatoms. The Bertz CT molecular complexity index is 878. The zero-order valence-corrected chi connectivity index (χ0v) is 15.1. The lowest BCUT2D eigenvalue weighted by molar-refractivity contribution is -0.115. The molecule has 1 aromatic carbocycles. The zero-order chi connectivity index (χ0) is 17.8. The molecule has 6 nitrogen and oxygen atoms in total. The van der Waals surface area contributed by atoms with Crippen LogP contribution in [0.25, 0.3) is 11.4 Å². The summed E-state index contributed by atoms with van der Waals surface area (Å²) in [7, 11) is 1.89. The number of rotatable bonds is 5. The van der Waals surface area contributed by atoms with Crippen molar-refractivity contribution in [2.45, 2.75) is 24.3 Å². The van der Waals surface area contributed by atoms with E-state index in [9.17, 15) is 4.79 Å². The lowest BCUT2D eigenvalue weighted by Crippen LogP contribution is -2.23. The van der Waals surface area contributed by atoms with Crippen LogP contribution in [0.5, 0.6) is 0 Å². The number of para-hydroxylation sites is 1. The van der Waals surface area contributed by atoms with Crippen LogP contribution in [-0.2, 0) is 11.8 Å². The highest BCUT2D eigenvalue weighted by molar-refractivity contribution is 8.00. The Kier molecular flexibility index (Phi) is 5.14. The van der Waals surface area contributed by atoms with Crippen LogP contribution in [0.3, 0.4) is 0 Å². The third-order valence-electron chi connectivity index (χ3n) is 3.83. The molecule has 25 heavy (non-hydrogen) atoms. The summed E-state index contributed by atoms with van der Waals surface area (Å²) >= 11 is 1.38. The molecule has 0 unspecified atom stereocenters. The van der Waals surface area contributed by atoms with Crippen molar-refractivity contribution in [3.05, 3.63) is 54.4 Å². The second-order valence-electron chi connectivity index (χ2n) is 5.67. The number of amides is 1. The van der Waals surface area contributed by atoms with Crippen molar-refractivity contribution in [2.75, 3.05) is 5.32 Å². The number of aromatic nitrogens is 4. The predicted molar refractivity (Wildman–Crippen MR) is 99.4 cm³/mol. The molecule has 2 aromatic heterocycles. The quantitative estimate of drug-likeness (QED) is 0.713. The van der Waals surface area contributed by atoms with E-state index in [0.717, 1.165) is 22.6 Å². The van der Waals surface area contributed by atoms with Gasteiger partial charge in [-0.15, -0.1) is 10.2 Å². The van der Waals surface area contributed by atoms with Gasteiger partial charge < -0.3 is 9.88 Å². The van der Waals surface area contributed by atoms with Gasteiger partial charge in [0.15, 0.2) is 11.0 Å². The van der Waals surface area contributed by atoms with E-state index in [0.29, 0.717) is 5.16 Å². The summed E-state index contributed by atoms with van der Waals surface area (Å²) in [6.07, 6.45) is 3.43. The molecule has 0 aliphatic heterocycles. The number of anilines is 1. The van der Waals surface area contributed by atoms with Crippen molar-refractivity contribution in [1.29, 1.82) is 0 Å². The Balaban J connectivity index is 1.71. The van der Waals surface area contributed by atoms with E-state index in [4.69, 9.17) is 0 Å². The molecular weight excluding hydrogens is 334 g/mol. The van der Waals surface area contributed by atoms with E-state index >= 15 is 0 Å². The fraction of sp³-hybridized carbons (Fsp3) is 0.222. The summed E-state index contributed by atoms with van der Waals surface area (Å²) in [6, 6.07) is 11.5. The molecule has 0 saturated heterocycles. The van der Waals surface area contributed by atoms with Crippen LogP contribution in [0.4, 0.5) is 5.69 Å². The van der Waals surface area contributed by atoms with Crippen LogP contribution in [0.1, 0.15) is 12.5 Å². The molecular formula is C18H19N5OS. The Labute approximate surface area is 150 Å². The molecule has 0 bridgehead atoms. The van der Waals surface area contributed by atoms with Gasteiger partial charge in [0.2, 0.25) is 5.91 Å². The first-order chi connectivity index (χ1) is 12.1. The minimum atomic E-state index is -0.298. The molecule has 0 saturated carbocycles. The maximum absolute atomic E-state index is 12.5. The van der Waals surface area contributed by atoms with E-state index in [-0.39, 0.29) is 11.2 Å². The van der Waals surface area contributed by atoms with Gasteiger partial charge in [0, 0.05) is 30.7 Å². The molecule has 0 aliphatic carbocycles. The number of pyridine rings is 1. The number of carbonyl (C=O) groups excluding carboxylic acids is 1. The van der Waals surface area contributed by atoms with Crippen molar-refractivity contribution in [1.82, 2.24) is 19.7 Å². The van der Waals surface area contributed by atoms with Crippen molar-refractivity contribution >= 4 is 23.4 Å². The van der Waals surface area contributed by atoms with E-state index in [2.05, 4.69) is 20.5 Å². The molecule has 0 radical (unpaired) electrons. The van der Waals surface area contributed by atoms with Crippen LogP contribution in [0.15, 0.2) is 53.9 Å². The predicted octanol–water partition coefficient (Wildman–Crippen LogP) is 3.30. The number of aryl methyl sites for hydroxylation is 1. The molecule has 0 fully saturated rings. The summed E-state index contributed by atoms with van der Waals surface area (Å²) in [5.41, 5.74) is 2.80. The average Bonchev–Trinajstić information content (AvgIpc) is 2.98. The average molecular weight is 353 g/mol. The van der Waals surface area contributed by atoms with Crippen molar-refractivity contribution < 1.29 is 4.79 Å². The molecule has 0 aliphatic rings. The minimum absolute atomic E-state index is 0.0623. The van der Waals surface area contributed by atoms with Crippen molar-refractivity contribution in [2.24, 2.45) is 7.05 Å². The van der Waals surface area contributed by atoms with Gasteiger partial charge in [-0.05, 0) is 37.6 Å². The maximum atomic E-state index is 12.5. The second kappa shape index (κ2) is 7.48. The number of nitrogens with one attached hydrogen (secondary N) is 1. The molecule has 3 rings (SSSR count). The summed E-state index contributed by atoms with van der Waals surface area (Å²) in [5, 5.41) is 11.8. The summed E-state index contributed by atoms with van der Waals surface area (Å²) in [4.78, 5) is 16.5. The minimum Gasteiger partial charge on any atom is -0.325 e. The van der Waals surface area contributed by atoms with Gasteiger partial charge in [-0.3, -0.25) is 9.78 Å². The Hall–Kier alpha value is -2.67. The number of thioether (sulfide) groups is 1. The molecule has 0 spiro atoms. The highest BCUT2D eigenvalue weighted by Crippen LogP contribution is 2.26. The fourth-order valence-corrected chi connectivity index (χ4v) is 3.14. The first-order valence-corrected chi connectivity index (χ1v) is 8.77. The maximum Gasteiger partial charge on any atom is 0.237 e. The number of carbonyl (C=O) groups is 1. The van der Waals surface area contributed by atoms with Crippen LogP contribution < -0.4 is 5.32 Å². The normalized spacial score (nSPS) is 12.0. The molecule has 2 heterocycles. The SMILES string of the molecule is Cc1ccccc1NC(=O)[C@@H](C)Sc1nnc(-c2ccncc2)n1C. The number of nitrogens with zero attached hydrogens (tertiary/aromatic N) is 4. The van der Waals surface area contributed by atoms with E-state index in [1.54, 1.807) is 12.4 Å². The van der Waals surface area contributed by atoms with E-state index < -0.39 is 0 Å². The standard InChI is InChI=1S/C18H19N5OS/c1-12-6-4-5-7-15(12)20-17(24)13(2)25-18-22-21-16(23(18)3)14-8-10-19-11-9-14/h4-11,13H,1-3H3,(H,20,24)/t13-/m1/s1. The topological polar surface area (TPSA) is 72.7 Å². The molecule has 1 N–H and O–H groups in total. The highest BCUT2D eigenvalue weighted by atomic mass is 32.2. The van der Waals surface area contributed by atoms with Gasteiger partial charge in [-0.2, -0.15) is 0 Å². The van der Waals surface area contributed by atoms with Gasteiger partial charge >= 0.3 is 0 Å². The first-order valence-electron chi connectivity index (χ1n) is 7.89. The van der Waals surface area contributed by atoms with Crippen LogP contribution >= 0.6 is 11.8 Å². The summed E-state index contributed by atoms with van der Waals surface area (Å²) in [6.45, 7) is 3.83. The molecule has 1 atom stereocenters. The lowest BCUT2D eigenvalue weighted by Gasteiger charge is -2.13. The van der Waals surface area contributed by atoms with E-state index in [1.807, 2.05) is 61.9 Å². The smallest absolute Gasteiger partial charge is 0.237 e. The van der Waals surface area contributed by atoms with Gasteiger partial charge in [0.05, 0.1) is 5.25 Å². The summed E-state index contributed by atoms with van der Waals surface area (Å²) < 4.78 is 1.89. The number of hydrogen-bond donors (Lipinski definition) is 1. The Morgan fingerprint density at radius 3 is 2.60 bits per heavy atom. The van der Waals surface area contributed by atoms with Gasteiger partial charge in [0.1, 0.15) is 0 Å². The highest BCUT2D eigenvalue weighted by Gasteiger charge is 2.19. The molecule has 128 valence electrons. The van der Waals surface area contributed by atoms with Crippen molar-refractivity contribution in [3.63, 3.8) is 0 Å².